The first-order valence-corrected chi connectivity index (χ1v) is 7.19. The van der Waals surface area contributed by atoms with Crippen LogP contribution in [0, 0.1) is 5.41 Å². The molecule has 5 heteroatoms. The lowest BCUT2D eigenvalue weighted by molar-refractivity contribution is 0.196. The van der Waals surface area contributed by atoms with E-state index in [4.69, 9.17) is 10.5 Å². The van der Waals surface area contributed by atoms with Gasteiger partial charge in [-0.05, 0) is 37.2 Å². The molecule has 1 fully saturated rings. The van der Waals surface area contributed by atoms with E-state index < -0.39 is 0 Å². The maximum absolute atomic E-state index is 6.11. The van der Waals surface area contributed by atoms with E-state index in [2.05, 4.69) is 28.4 Å². The van der Waals surface area contributed by atoms with Crippen LogP contribution < -0.4 is 10.5 Å². The van der Waals surface area contributed by atoms with Gasteiger partial charge in [0.05, 0.1) is 7.11 Å². The van der Waals surface area contributed by atoms with Crippen molar-refractivity contribution < 1.29 is 4.74 Å². The van der Waals surface area contributed by atoms with Crippen molar-refractivity contribution in [3.05, 3.63) is 12.1 Å². The molecule has 0 saturated heterocycles. The Labute approximate surface area is 119 Å². The third-order valence-electron chi connectivity index (χ3n) is 4.42. The molecule has 1 aliphatic carbocycles. The second-order valence-electron chi connectivity index (χ2n) is 6.43. The van der Waals surface area contributed by atoms with Crippen molar-refractivity contribution in [1.82, 2.24) is 14.5 Å². The number of fused-ring (bicyclic) bond motifs is 1. The summed E-state index contributed by atoms with van der Waals surface area (Å²) < 4.78 is 7.30. The summed E-state index contributed by atoms with van der Waals surface area (Å²) in [5, 5.41) is 0. The second kappa shape index (κ2) is 4.65. The number of rotatable bonds is 2. The molecule has 20 heavy (non-hydrogen) atoms. The van der Waals surface area contributed by atoms with Gasteiger partial charge in [-0.3, -0.25) is 4.57 Å². The number of methoxy groups -OCH3 is 1. The largest absolute Gasteiger partial charge is 0.481 e. The standard InChI is InChI=1S/C15H22N4O/c1-15(2)8-6-10(7-9-15)19-13-11(17-14(19)16)4-5-12(18-13)20-3/h4-5,10H,6-9H2,1-3H3,(H2,16,17). The molecule has 1 aliphatic rings. The number of anilines is 1. The molecule has 1 saturated carbocycles. The minimum Gasteiger partial charge on any atom is -0.481 e. The highest BCUT2D eigenvalue weighted by atomic mass is 16.5. The van der Waals surface area contributed by atoms with Crippen LogP contribution in [0.2, 0.25) is 0 Å². The minimum absolute atomic E-state index is 0.396. The predicted octanol–water partition coefficient (Wildman–Crippen LogP) is 3.16. The Morgan fingerprint density at radius 3 is 2.60 bits per heavy atom. The molecule has 2 heterocycles. The highest BCUT2D eigenvalue weighted by Crippen LogP contribution is 2.41. The summed E-state index contributed by atoms with van der Waals surface area (Å²) in [6, 6.07) is 4.14. The molecule has 0 radical (unpaired) electrons. The van der Waals surface area contributed by atoms with Gasteiger partial charge in [0.2, 0.25) is 11.8 Å². The first-order valence-electron chi connectivity index (χ1n) is 7.19. The van der Waals surface area contributed by atoms with Gasteiger partial charge in [-0.2, -0.15) is 4.98 Å². The molecule has 3 rings (SSSR count). The number of hydrogen-bond acceptors (Lipinski definition) is 4. The average molecular weight is 274 g/mol. The van der Waals surface area contributed by atoms with Crippen LogP contribution in [-0.2, 0) is 0 Å². The molecule has 108 valence electrons. The molecule has 0 aliphatic heterocycles. The van der Waals surface area contributed by atoms with Crippen LogP contribution in [0.25, 0.3) is 11.2 Å². The molecule has 0 bridgehead atoms. The lowest BCUT2D eigenvalue weighted by Gasteiger charge is -2.35. The highest BCUT2D eigenvalue weighted by Gasteiger charge is 2.29. The van der Waals surface area contributed by atoms with Gasteiger partial charge < -0.3 is 10.5 Å². The third kappa shape index (κ3) is 2.21. The quantitative estimate of drug-likeness (QED) is 0.913. The Morgan fingerprint density at radius 2 is 1.95 bits per heavy atom. The van der Waals surface area contributed by atoms with Gasteiger partial charge in [-0.15, -0.1) is 0 Å². The Morgan fingerprint density at radius 1 is 1.25 bits per heavy atom. The van der Waals surface area contributed by atoms with Gasteiger partial charge in [0.1, 0.15) is 5.52 Å². The van der Waals surface area contributed by atoms with Gasteiger partial charge in [-0.1, -0.05) is 13.8 Å². The number of nitrogens with two attached hydrogens (primary N) is 1. The van der Waals surface area contributed by atoms with Crippen molar-refractivity contribution in [3.63, 3.8) is 0 Å². The summed E-state index contributed by atoms with van der Waals surface area (Å²) in [6.07, 6.45) is 4.67. The van der Waals surface area contributed by atoms with E-state index in [0.717, 1.165) is 24.0 Å². The average Bonchev–Trinajstić information content (AvgIpc) is 2.74. The van der Waals surface area contributed by atoms with Crippen molar-refractivity contribution >= 4 is 17.1 Å². The van der Waals surface area contributed by atoms with Crippen molar-refractivity contribution in [2.45, 2.75) is 45.6 Å². The predicted molar refractivity (Wildman–Crippen MR) is 79.8 cm³/mol. The van der Waals surface area contributed by atoms with Crippen LogP contribution in [-0.4, -0.2) is 21.6 Å². The fourth-order valence-corrected chi connectivity index (χ4v) is 3.09. The molecule has 0 atom stereocenters. The Hall–Kier alpha value is -1.78. The Bertz CT molecular complexity index is 622. The summed E-state index contributed by atoms with van der Waals surface area (Å²) in [5.41, 5.74) is 8.23. The van der Waals surface area contributed by atoms with Crippen molar-refractivity contribution in [1.29, 1.82) is 0 Å². The van der Waals surface area contributed by atoms with Crippen LogP contribution in [0.15, 0.2) is 12.1 Å². The molecule has 0 unspecified atom stereocenters. The van der Waals surface area contributed by atoms with Crippen molar-refractivity contribution in [3.8, 4) is 5.88 Å². The number of nitrogen functional groups attached to an aromatic ring is 1. The van der Waals surface area contributed by atoms with E-state index in [1.54, 1.807) is 7.11 Å². The minimum atomic E-state index is 0.396. The lowest BCUT2D eigenvalue weighted by Crippen LogP contribution is -2.24. The maximum atomic E-state index is 6.11. The van der Waals surface area contributed by atoms with E-state index in [1.165, 1.54) is 12.8 Å². The molecular formula is C15H22N4O. The number of pyridine rings is 1. The first kappa shape index (κ1) is 13.2. The fourth-order valence-electron chi connectivity index (χ4n) is 3.09. The molecule has 0 amide bonds. The molecule has 2 N–H and O–H groups in total. The van der Waals surface area contributed by atoms with E-state index in [1.807, 2.05) is 12.1 Å². The van der Waals surface area contributed by atoms with Crippen molar-refractivity contribution in [2.75, 3.05) is 12.8 Å². The maximum Gasteiger partial charge on any atom is 0.215 e. The van der Waals surface area contributed by atoms with Crippen LogP contribution in [0.3, 0.4) is 0 Å². The van der Waals surface area contributed by atoms with Gasteiger partial charge >= 0.3 is 0 Å². The summed E-state index contributed by atoms with van der Waals surface area (Å²) >= 11 is 0. The summed E-state index contributed by atoms with van der Waals surface area (Å²) in [7, 11) is 1.63. The number of hydrogen-bond donors (Lipinski definition) is 1. The molecule has 5 nitrogen and oxygen atoms in total. The second-order valence-corrected chi connectivity index (χ2v) is 6.43. The van der Waals surface area contributed by atoms with E-state index in [9.17, 15) is 0 Å². The monoisotopic (exact) mass is 274 g/mol. The van der Waals surface area contributed by atoms with E-state index >= 15 is 0 Å². The van der Waals surface area contributed by atoms with E-state index in [-0.39, 0.29) is 0 Å². The zero-order valence-corrected chi connectivity index (χ0v) is 12.4. The molecule has 0 aromatic carbocycles. The van der Waals surface area contributed by atoms with Crippen LogP contribution in [0.4, 0.5) is 5.95 Å². The summed E-state index contributed by atoms with van der Waals surface area (Å²) in [4.78, 5) is 8.95. The highest BCUT2D eigenvalue weighted by molar-refractivity contribution is 5.75. The fraction of sp³-hybridized carbons (Fsp3) is 0.600. The normalized spacial score (nSPS) is 19.4. The SMILES string of the molecule is COc1ccc2nc(N)n(C3CCC(C)(C)CC3)c2n1. The van der Waals surface area contributed by atoms with Crippen LogP contribution in [0.1, 0.15) is 45.6 Å². The van der Waals surface area contributed by atoms with Crippen molar-refractivity contribution in [2.24, 2.45) is 5.41 Å². The lowest BCUT2D eigenvalue weighted by atomic mass is 9.75. The molecular weight excluding hydrogens is 252 g/mol. The zero-order chi connectivity index (χ0) is 14.3. The van der Waals surface area contributed by atoms with E-state index in [0.29, 0.717) is 23.3 Å². The molecule has 0 spiro atoms. The number of ether oxygens (including phenoxy) is 1. The number of aromatic nitrogens is 3. The first-order chi connectivity index (χ1) is 9.50. The summed E-state index contributed by atoms with van der Waals surface area (Å²) in [6.45, 7) is 4.67. The molecule has 2 aromatic heterocycles. The van der Waals surface area contributed by atoms with Crippen LogP contribution >= 0.6 is 0 Å². The number of imidazole rings is 1. The third-order valence-corrected chi connectivity index (χ3v) is 4.42. The topological polar surface area (TPSA) is 66.0 Å². The van der Waals surface area contributed by atoms with Gasteiger partial charge in [0, 0.05) is 12.1 Å². The zero-order valence-electron chi connectivity index (χ0n) is 12.4. The van der Waals surface area contributed by atoms with Gasteiger partial charge in [0.15, 0.2) is 5.65 Å². The van der Waals surface area contributed by atoms with Crippen LogP contribution in [0.5, 0.6) is 5.88 Å². The van der Waals surface area contributed by atoms with Gasteiger partial charge in [0.25, 0.3) is 0 Å². The Balaban J connectivity index is 2.00. The Kier molecular flexibility index (Phi) is 3.07. The molecule has 2 aromatic rings. The van der Waals surface area contributed by atoms with Gasteiger partial charge in [-0.25, -0.2) is 4.98 Å². The summed E-state index contributed by atoms with van der Waals surface area (Å²) in [5.74, 6) is 1.17. The smallest absolute Gasteiger partial charge is 0.215 e. The number of nitrogens with zero attached hydrogens (tertiary/aromatic N) is 3.